The molecule has 2 saturated carbocycles. The molecule has 0 amide bonds. The molecule has 0 aliphatic heterocycles. The topological polar surface area (TPSA) is 57.2 Å². The van der Waals surface area contributed by atoms with E-state index in [0.717, 1.165) is 12.8 Å². The van der Waals surface area contributed by atoms with Crippen LogP contribution in [0.1, 0.15) is 40.0 Å². The number of carbonyl (C=O) groups is 2. The molecule has 84 valence electrons. The molecule has 3 heteroatoms. The molecule has 2 aliphatic carbocycles. The zero-order valence-electron chi connectivity index (χ0n) is 9.50. The van der Waals surface area contributed by atoms with Crippen LogP contribution >= 0.6 is 0 Å². The largest absolute Gasteiger partial charge is 0.550 e. The van der Waals surface area contributed by atoms with Gasteiger partial charge >= 0.3 is 0 Å². The Kier molecular flexibility index (Phi) is 2.01. The lowest BCUT2D eigenvalue weighted by molar-refractivity contribution is -0.306. The van der Waals surface area contributed by atoms with Crippen LogP contribution in [0.3, 0.4) is 0 Å². The van der Waals surface area contributed by atoms with E-state index in [1.807, 2.05) is 6.92 Å². The summed E-state index contributed by atoms with van der Waals surface area (Å²) in [7, 11) is 0. The van der Waals surface area contributed by atoms with Crippen LogP contribution in [0.5, 0.6) is 0 Å². The molecular weight excluding hydrogens is 192 g/mol. The van der Waals surface area contributed by atoms with E-state index in [2.05, 4.69) is 13.8 Å². The van der Waals surface area contributed by atoms with E-state index in [9.17, 15) is 14.7 Å². The van der Waals surface area contributed by atoms with Gasteiger partial charge in [0.05, 0.1) is 0 Å². The standard InChI is InChI=1S/C12H18O3/c1-11(2)8-4-5-12(11,3)10(15)7(8)6-9(13)14/h7-8H,4-6H2,1-3H3,(H,13,14)/p-1/t7-,8+,12+/m1/s1. The third-order valence-electron chi connectivity index (χ3n) is 5.06. The minimum absolute atomic E-state index is 0.0514. The Morgan fingerprint density at radius 1 is 1.47 bits per heavy atom. The summed E-state index contributed by atoms with van der Waals surface area (Å²) in [6, 6.07) is 0. The first kappa shape index (κ1) is 10.7. The summed E-state index contributed by atoms with van der Waals surface area (Å²) in [5, 5.41) is 10.6. The number of carboxylic acids is 1. The molecule has 2 fully saturated rings. The summed E-state index contributed by atoms with van der Waals surface area (Å²) in [5.41, 5.74) is -0.359. The summed E-state index contributed by atoms with van der Waals surface area (Å²) >= 11 is 0. The normalized spacial score (nSPS) is 42.2. The van der Waals surface area contributed by atoms with E-state index in [1.54, 1.807) is 0 Å². The first-order valence-corrected chi connectivity index (χ1v) is 5.55. The Morgan fingerprint density at radius 2 is 2.07 bits per heavy atom. The summed E-state index contributed by atoms with van der Waals surface area (Å²) < 4.78 is 0. The second-order valence-electron chi connectivity index (χ2n) is 5.75. The van der Waals surface area contributed by atoms with Gasteiger partial charge in [0, 0.05) is 17.3 Å². The highest BCUT2D eigenvalue weighted by molar-refractivity contribution is 5.93. The van der Waals surface area contributed by atoms with E-state index in [4.69, 9.17) is 0 Å². The molecule has 2 aliphatic rings. The summed E-state index contributed by atoms with van der Waals surface area (Å²) in [5.74, 6) is -1.02. The highest BCUT2D eigenvalue weighted by Gasteiger charge is 2.65. The Balaban J connectivity index is 2.34. The molecule has 0 unspecified atom stereocenters. The lowest BCUT2D eigenvalue weighted by Crippen LogP contribution is -2.35. The Hall–Kier alpha value is -0.860. The van der Waals surface area contributed by atoms with Crippen molar-refractivity contribution in [3.63, 3.8) is 0 Å². The number of carbonyl (C=O) groups excluding carboxylic acids is 2. The van der Waals surface area contributed by atoms with Crippen molar-refractivity contribution in [1.29, 1.82) is 0 Å². The summed E-state index contributed by atoms with van der Waals surface area (Å²) in [6.07, 6.45) is 1.79. The maximum absolute atomic E-state index is 12.1. The maximum atomic E-state index is 12.1. The number of hydrogen-bond acceptors (Lipinski definition) is 3. The number of rotatable bonds is 2. The monoisotopic (exact) mass is 209 g/mol. The van der Waals surface area contributed by atoms with Gasteiger partial charge in [0.2, 0.25) is 0 Å². The van der Waals surface area contributed by atoms with Gasteiger partial charge < -0.3 is 9.90 Å². The average molecular weight is 209 g/mol. The minimum atomic E-state index is -1.10. The van der Waals surface area contributed by atoms with Crippen LogP contribution in [0.25, 0.3) is 0 Å². The Morgan fingerprint density at radius 3 is 2.47 bits per heavy atom. The predicted octanol–water partition coefficient (Wildman–Crippen LogP) is 0.768. The number of Topliss-reactive ketones (excluding diaryl/α,β-unsaturated/α-hetero) is 1. The van der Waals surface area contributed by atoms with Gasteiger partial charge in [-0.15, -0.1) is 0 Å². The maximum Gasteiger partial charge on any atom is 0.143 e. The van der Waals surface area contributed by atoms with Crippen LogP contribution in [-0.4, -0.2) is 11.8 Å². The molecule has 0 radical (unpaired) electrons. The third kappa shape index (κ3) is 1.12. The molecule has 2 rings (SSSR count). The average Bonchev–Trinajstić information content (AvgIpc) is 2.40. The van der Waals surface area contributed by atoms with Crippen LogP contribution in [0.2, 0.25) is 0 Å². The van der Waals surface area contributed by atoms with E-state index < -0.39 is 5.97 Å². The molecule has 0 aromatic rings. The molecule has 3 atom stereocenters. The van der Waals surface area contributed by atoms with Crippen molar-refractivity contribution < 1.29 is 14.7 Å². The van der Waals surface area contributed by atoms with Crippen LogP contribution in [0.4, 0.5) is 0 Å². The van der Waals surface area contributed by atoms with Crippen molar-refractivity contribution in [3.05, 3.63) is 0 Å². The Bertz CT molecular complexity index is 332. The SMILES string of the molecule is CC1(C)[C@H]2CC[C@@]1(C)C(=O)[C@@H]2CC(=O)[O-]. The van der Waals surface area contributed by atoms with Crippen LogP contribution < -0.4 is 5.11 Å². The number of aliphatic carboxylic acids is 1. The van der Waals surface area contributed by atoms with Gasteiger partial charge in [-0.05, 0) is 30.6 Å². The van der Waals surface area contributed by atoms with Crippen molar-refractivity contribution in [2.45, 2.75) is 40.0 Å². The minimum Gasteiger partial charge on any atom is -0.550 e. The lowest BCUT2D eigenvalue weighted by Gasteiger charge is -2.32. The molecule has 0 N–H and O–H groups in total. The molecule has 0 saturated heterocycles. The number of carboxylic acid groups (broad SMARTS) is 1. The van der Waals surface area contributed by atoms with Crippen molar-refractivity contribution in [2.24, 2.45) is 22.7 Å². The van der Waals surface area contributed by atoms with Crippen molar-refractivity contribution in [3.8, 4) is 0 Å². The fraction of sp³-hybridized carbons (Fsp3) is 0.833. The summed E-state index contributed by atoms with van der Waals surface area (Å²) in [6.45, 7) is 6.18. The molecule has 3 nitrogen and oxygen atoms in total. The number of fused-ring (bicyclic) bond motifs is 2. The molecule has 15 heavy (non-hydrogen) atoms. The number of ketones is 1. The molecule has 0 aromatic carbocycles. The molecule has 0 heterocycles. The van der Waals surface area contributed by atoms with Crippen molar-refractivity contribution >= 4 is 11.8 Å². The molecule has 0 aromatic heterocycles. The first-order chi connectivity index (χ1) is 6.80. The lowest BCUT2D eigenvalue weighted by atomic mass is 9.70. The van der Waals surface area contributed by atoms with Gasteiger partial charge in [0.25, 0.3) is 0 Å². The summed E-state index contributed by atoms with van der Waals surface area (Å²) in [4.78, 5) is 22.8. The van der Waals surface area contributed by atoms with Gasteiger partial charge in [0.15, 0.2) is 0 Å². The van der Waals surface area contributed by atoms with Crippen LogP contribution in [0, 0.1) is 22.7 Å². The third-order valence-corrected chi connectivity index (χ3v) is 5.06. The Labute approximate surface area is 89.9 Å². The molecular formula is C12H17O3-. The second-order valence-corrected chi connectivity index (χ2v) is 5.75. The van der Waals surface area contributed by atoms with Crippen molar-refractivity contribution in [1.82, 2.24) is 0 Å². The zero-order valence-corrected chi connectivity index (χ0v) is 9.50. The smallest absolute Gasteiger partial charge is 0.143 e. The molecule has 2 bridgehead atoms. The fourth-order valence-electron chi connectivity index (χ4n) is 3.69. The van der Waals surface area contributed by atoms with E-state index >= 15 is 0 Å². The van der Waals surface area contributed by atoms with Gasteiger partial charge in [-0.3, -0.25) is 4.79 Å². The quantitative estimate of drug-likeness (QED) is 0.675. The second kappa shape index (κ2) is 2.83. The first-order valence-electron chi connectivity index (χ1n) is 5.55. The van der Waals surface area contributed by atoms with Gasteiger partial charge in [-0.1, -0.05) is 20.8 Å². The van der Waals surface area contributed by atoms with E-state index in [-0.39, 0.29) is 34.9 Å². The van der Waals surface area contributed by atoms with Gasteiger partial charge in [-0.2, -0.15) is 0 Å². The van der Waals surface area contributed by atoms with E-state index in [1.165, 1.54) is 0 Å². The molecule has 0 spiro atoms. The highest BCUT2D eigenvalue weighted by Crippen LogP contribution is 2.66. The predicted molar refractivity (Wildman–Crippen MR) is 52.7 cm³/mol. The van der Waals surface area contributed by atoms with E-state index in [0.29, 0.717) is 0 Å². The highest BCUT2D eigenvalue weighted by atomic mass is 16.4. The fourth-order valence-corrected chi connectivity index (χ4v) is 3.69. The van der Waals surface area contributed by atoms with Crippen LogP contribution in [0.15, 0.2) is 0 Å². The number of hydrogen-bond donors (Lipinski definition) is 0. The van der Waals surface area contributed by atoms with Crippen molar-refractivity contribution in [2.75, 3.05) is 0 Å². The zero-order chi connectivity index (χ0) is 11.4. The van der Waals surface area contributed by atoms with Gasteiger partial charge in [-0.25, -0.2) is 0 Å². The van der Waals surface area contributed by atoms with Crippen LogP contribution in [-0.2, 0) is 9.59 Å². The van der Waals surface area contributed by atoms with Gasteiger partial charge in [0.1, 0.15) is 5.78 Å².